The Morgan fingerprint density at radius 2 is 2.00 bits per heavy atom. The van der Waals surface area contributed by atoms with Crippen LogP contribution in [0.25, 0.3) is 0 Å². The number of hydrogen-bond acceptors (Lipinski definition) is 1. The predicted molar refractivity (Wildman–Crippen MR) is 72.0 cm³/mol. The quantitative estimate of drug-likeness (QED) is 0.816. The van der Waals surface area contributed by atoms with E-state index >= 15 is 0 Å². The van der Waals surface area contributed by atoms with Gasteiger partial charge in [0.25, 0.3) is 0 Å². The number of hydrogen-bond donors (Lipinski definition) is 1. The van der Waals surface area contributed by atoms with Crippen LogP contribution >= 0.6 is 0 Å². The summed E-state index contributed by atoms with van der Waals surface area (Å²) < 4.78 is 0. The van der Waals surface area contributed by atoms with E-state index in [0.29, 0.717) is 0 Å². The van der Waals surface area contributed by atoms with Crippen molar-refractivity contribution in [2.75, 3.05) is 0 Å². The first-order valence-corrected chi connectivity index (χ1v) is 6.77. The molecular formula is C16H24O. The first-order valence-electron chi connectivity index (χ1n) is 6.77. The number of aliphatic hydroxyl groups is 1. The Kier molecular flexibility index (Phi) is 3.31. The van der Waals surface area contributed by atoms with E-state index in [1.165, 1.54) is 12.0 Å². The summed E-state index contributed by atoms with van der Waals surface area (Å²) >= 11 is 0. The largest absolute Gasteiger partial charge is 0.385 e. The topological polar surface area (TPSA) is 20.2 Å². The first kappa shape index (κ1) is 12.6. The van der Waals surface area contributed by atoms with Crippen LogP contribution in [0.1, 0.15) is 57.6 Å². The molecule has 1 saturated carbocycles. The minimum absolute atomic E-state index is 0.259. The maximum absolute atomic E-state index is 10.9. The summed E-state index contributed by atoms with van der Waals surface area (Å²) in [7, 11) is 0. The maximum Gasteiger partial charge on any atom is 0.0901 e. The third kappa shape index (κ3) is 2.71. The molecule has 1 N–H and O–H groups in total. The Bertz CT molecular complexity index is 394. The zero-order chi connectivity index (χ0) is 12.5. The van der Waals surface area contributed by atoms with Crippen molar-refractivity contribution in [3.63, 3.8) is 0 Å². The van der Waals surface area contributed by atoms with Crippen LogP contribution in [0.4, 0.5) is 0 Å². The Morgan fingerprint density at radius 3 is 2.65 bits per heavy atom. The van der Waals surface area contributed by atoms with Crippen molar-refractivity contribution in [3.05, 3.63) is 35.4 Å². The van der Waals surface area contributed by atoms with Crippen LogP contribution < -0.4 is 0 Å². The second-order valence-electron chi connectivity index (χ2n) is 6.28. The lowest BCUT2D eigenvalue weighted by atomic mass is 9.67. The Morgan fingerprint density at radius 1 is 1.24 bits per heavy atom. The second-order valence-corrected chi connectivity index (χ2v) is 6.28. The van der Waals surface area contributed by atoms with Crippen molar-refractivity contribution in [1.29, 1.82) is 0 Å². The summed E-state index contributed by atoms with van der Waals surface area (Å²) in [5.41, 5.74) is 2.09. The highest BCUT2D eigenvalue weighted by molar-refractivity contribution is 5.29. The molecule has 2 rings (SSSR count). The van der Waals surface area contributed by atoms with E-state index in [9.17, 15) is 5.11 Å². The van der Waals surface area contributed by atoms with Crippen molar-refractivity contribution in [3.8, 4) is 0 Å². The molecule has 1 aliphatic carbocycles. The van der Waals surface area contributed by atoms with Crippen LogP contribution in [-0.4, -0.2) is 5.11 Å². The minimum atomic E-state index is -0.604. The summed E-state index contributed by atoms with van der Waals surface area (Å²) in [4.78, 5) is 0. The highest BCUT2D eigenvalue weighted by Crippen LogP contribution is 2.46. The molecule has 94 valence electrons. The Balaban J connectivity index is 2.30. The van der Waals surface area contributed by atoms with E-state index in [-0.39, 0.29) is 5.41 Å². The second kappa shape index (κ2) is 4.45. The minimum Gasteiger partial charge on any atom is -0.385 e. The summed E-state index contributed by atoms with van der Waals surface area (Å²) in [5.74, 6) is 0. The molecule has 0 saturated heterocycles. The van der Waals surface area contributed by atoms with Crippen LogP contribution in [0.3, 0.4) is 0 Å². The van der Waals surface area contributed by atoms with E-state index in [2.05, 4.69) is 45.0 Å². The molecule has 1 atom stereocenters. The number of benzene rings is 1. The van der Waals surface area contributed by atoms with Crippen molar-refractivity contribution < 1.29 is 5.11 Å². The van der Waals surface area contributed by atoms with Gasteiger partial charge in [0, 0.05) is 0 Å². The maximum atomic E-state index is 10.9. The summed E-state index contributed by atoms with van der Waals surface area (Å²) in [6, 6.07) is 8.48. The van der Waals surface area contributed by atoms with Gasteiger partial charge in [-0.3, -0.25) is 0 Å². The highest BCUT2D eigenvalue weighted by Gasteiger charge is 2.39. The van der Waals surface area contributed by atoms with Crippen LogP contribution in [-0.2, 0) is 12.0 Å². The average Bonchev–Trinajstić information content (AvgIpc) is 2.27. The summed E-state index contributed by atoms with van der Waals surface area (Å²) in [5, 5.41) is 10.9. The van der Waals surface area contributed by atoms with Crippen molar-refractivity contribution in [2.45, 2.75) is 58.5 Å². The summed E-state index contributed by atoms with van der Waals surface area (Å²) in [6.07, 6.45) is 5.17. The zero-order valence-electron chi connectivity index (χ0n) is 11.3. The van der Waals surface area contributed by atoms with Crippen LogP contribution in [0.15, 0.2) is 24.3 Å². The van der Waals surface area contributed by atoms with Crippen LogP contribution in [0, 0.1) is 5.41 Å². The van der Waals surface area contributed by atoms with E-state index in [0.717, 1.165) is 31.2 Å². The van der Waals surface area contributed by atoms with Gasteiger partial charge in [0.1, 0.15) is 0 Å². The molecule has 0 spiro atoms. The molecule has 1 aromatic rings. The fourth-order valence-electron chi connectivity index (χ4n) is 3.15. The van der Waals surface area contributed by atoms with Gasteiger partial charge in [0.15, 0.2) is 0 Å². The molecule has 0 aromatic heterocycles. The summed E-state index contributed by atoms with van der Waals surface area (Å²) in [6.45, 7) is 6.69. The van der Waals surface area contributed by atoms with Gasteiger partial charge in [-0.1, -0.05) is 45.0 Å². The molecule has 0 aliphatic heterocycles. The van der Waals surface area contributed by atoms with E-state index in [4.69, 9.17) is 0 Å². The number of rotatable bonds is 2. The van der Waals surface area contributed by atoms with Gasteiger partial charge in [0.2, 0.25) is 0 Å². The molecule has 1 aliphatic rings. The molecular weight excluding hydrogens is 208 g/mol. The normalized spacial score (nSPS) is 28.0. The molecule has 0 amide bonds. The lowest BCUT2D eigenvalue weighted by Gasteiger charge is -2.42. The molecule has 1 nitrogen and oxygen atoms in total. The van der Waals surface area contributed by atoms with Gasteiger partial charge in [-0.2, -0.15) is 0 Å². The molecule has 0 heterocycles. The van der Waals surface area contributed by atoms with Gasteiger partial charge in [-0.25, -0.2) is 0 Å². The van der Waals surface area contributed by atoms with Gasteiger partial charge < -0.3 is 5.11 Å². The fourth-order valence-corrected chi connectivity index (χ4v) is 3.15. The molecule has 17 heavy (non-hydrogen) atoms. The zero-order valence-corrected chi connectivity index (χ0v) is 11.3. The van der Waals surface area contributed by atoms with Gasteiger partial charge >= 0.3 is 0 Å². The van der Waals surface area contributed by atoms with Gasteiger partial charge in [0.05, 0.1) is 5.60 Å². The highest BCUT2D eigenvalue weighted by atomic mass is 16.3. The molecule has 1 aromatic carbocycles. The smallest absolute Gasteiger partial charge is 0.0901 e. The molecule has 1 fully saturated rings. The lowest BCUT2D eigenvalue weighted by molar-refractivity contribution is -0.0440. The van der Waals surface area contributed by atoms with E-state index in [1.54, 1.807) is 0 Å². The monoisotopic (exact) mass is 232 g/mol. The van der Waals surface area contributed by atoms with Gasteiger partial charge in [-0.05, 0) is 48.6 Å². The third-order valence-electron chi connectivity index (χ3n) is 4.09. The predicted octanol–water partition coefficient (Wildman–Crippen LogP) is 4.04. The standard InChI is InChI=1S/C16H24O/c1-4-13-7-5-8-14(11-13)16(17)10-6-9-15(2,3)12-16/h5,7-8,11,17H,4,6,9-10,12H2,1-3H3. The van der Waals surface area contributed by atoms with Crippen LogP contribution in [0.2, 0.25) is 0 Å². The van der Waals surface area contributed by atoms with Gasteiger partial charge in [-0.15, -0.1) is 0 Å². The Labute approximate surface area is 105 Å². The molecule has 1 unspecified atom stereocenters. The van der Waals surface area contributed by atoms with Crippen molar-refractivity contribution >= 4 is 0 Å². The van der Waals surface area contributed by atoms with E-state index < -0.39 is 5.60 Å². The first-order chi connectivity index (χ1) is 7.95. The molecule has 0 radical (unpaired) electrons. The Hall–Kier alpha value is -0.820. The molecule has 0 bridgehead atoms. The van der Waals surface area contributed by atoms with Crippen molar-refractivity contribution in [2.24, 2.45) is 5.41 Å². The van der Waals surface area contributed by atoms with Crippen molar-refractivity contribution in [1.82, 2.24) is 0 Å². The average molecular weight is 232 g/mol. The van der Waals surface area contributed by atoms with Crippen LogP contribution in [0.5, 0.6) is 0 Å². The SMILES string of the molecule is CCc1cccc(C2(O)CCCC(C)(C)C2)c1. The lowest BCUT2D eigenvalue weighted by Crippen LogP contribution is -2.36. The van der Waals surface area contributed by atoms with E-state index in [1.807, 2.05) is 0 Å². The third-order valence-corrected chi connectivity index (χ3v) is 4.09. The number of aryl methyl sites for hydroxylation is 1. The molecule has 1 heteroatoms. The fraction of sp³-hybridized carbons (Fsp3) is 0.625.